The van der Waals surface area contributed by atoms with Crippen molar-refractivity contribution >= 4 is 45.3 Å². The van der Waals surface area contributed by atoms with Crippen LogP contribution in [0.1, 0.15) is 16.8 Å². The standard InChI is InChI=1S/C12H14ClNO6S2/c1-21-5-4-9(12(17)18)14-22(19,20)10-6-7(11(15)16)2-3-8(10)13/h2-3,6,9,14H,4-5H2,1H3,(H,15,16)(H,17,18)/t9-/m0/s1. The third-order valence-corrected chi connectivity index (χ3v) is 5.27. The summed E-state index contributed by atoms with van der Waals surface area (Å²) < 4.78 is 26.5. The Morgan fingerprint density at radius 3 is 2.50 bits per heavy atom. The molecule has 0 bridgehead atoms. The Labute approximate surface area is 136 Å². The minimum Gasteiger partial charge on any atom is -0.480 e. The van der Waals surface area contributed by atoms with Crippen LogP contribution in [0.3, 0.4) is 0 Å². The van der Waals surface area contributed by atoms with Crippen molar-refractivity contribution < 1.29 is 28.2 Å². The minimum atomic E-state index is -4.26. The Morgan fingerprint density at radius 1 is 1.36 bits per heavy atom. The molecule has 22 heavy (non-hydrogen) atoms. The predicted octanol–water partition coefficient (Wildman–Crippen LogP) is 1.52. The van der Waals surface area contributed by atoms with E-state index >= 15 is 0 Å². The Bertz CT molecular complexity index is 676. The van der Waals surface area contributed by atoms with E-state index in [0.29, 0.717) is 5.75 Å². The van der Waals surface area contributed by atoms with Gasteiger partial charge in [0.1, 0.15) is 10.9 Å². The number of aromatic carboxylic acids is 1. The van der Waals surface area contributed by atoms with E-state index in [1.807, 2.05) is 4.72 Å². The van der Waals surface area contributed by atoms with E-state index in [4.69, 9.17) is 21.8 Å². The maximum Gasteiger partial charge on any atom is 0.335 e. The van der Waals surface area contributed by atoms with Crippen LogP contribution < -0.4 is 4.72 Å². The van der Waals surface area contributed by atoms with Gasteiger partial charge in [0.25, 0.3) is 0 Å². The normalized spacial score (nSPS) is 12.8. The molecule has 0 aliphatic carbocycles. The molecular weight excluding hydrogens is 354 g/mol. The summed E-state index contributed by atoms with van der Waals surface area (Å²) in [6, 6.07) is 1.87. The zero-order valence-electron chi connectivity index (χ0n) is 11.4. The smallest absolute Gasteiger partial charge is 0.335 e. The lowest BCUT2D eigenvalue weighted by Gasteiger charge is -2.15. The monoisotopic (exact) mass is 367 g/mol. The van der Waals surface area contributed by atoms with Crippen LogP contribution in [0.2, 0.25) is 5.02 Å². The van der Waals surface area contributed by atoms with E-state index in [1.54, 1.807) is 6.26 Å². The Kier molecular flexibility index (Phi) is 6.66. The number of carbonyl (C=O) groups is 2. The first-order valence-corrected chi connectivity index (χ1v) is 9.21. The quantitative estimate of drug-likeness (QED) is 0.636. The highest BCUT2D eigenvalue weighted by molar-refractivity contribution is 7.98. The van der Waals surface area contributed by atoms with Crippen LogP contribution in [-0.2, 0) is 14.8 Å². The Morgan fingerprint density at radius 2 is 2.00 bits per heavy atom. The SMILES string of the molecule is CSCC[C@H](NS(=O)(=O)c1cc(C(=O)O)ccc1Cl)C(=O)O. The molecule has 122 valence electrons. The number of thioether (sulfide) groups is 1. The maximum atomic E-state index is 12.2. The number of hydrogen-bond acceptors (Lipinski definition) is 5. The average Bonchev–Trinajstić information content (AvgIpc) is 2.43. The van der Waals surface area contributed by atoms with E-state index in [9.17, 15) is 18.0 Å². The summed E-state index contributed by atoms with van der Waals surface area (Å²) >= 11 is 7.17. The molecule has 1 atom stereocenters. The lowest BCUT2D eigenvalue weighted by Crippen LogP contribution is -2.41. The first kappa shape index (κ1) is 18.8. The van der Waals surface area contributed by atoms with Crippen LogP contribution in [0.4, 0.5) is 0 Å². The summed E-state index contributed by atoms with van der Waals surface area (Å²) in [6.45, 7) is 0. The molecule has 0 radical (unpaired) electrons. The van der Waals surface area contributed by atoms with Gasteiger partial charge in [-0.15, -0.1) is 0 Å². The highest BCUT2D eigenvalue weighted by Crippen LogP contribution is 2.23. The largest absolute Gasteiger partial charge is 0.480 e. The van der Waals surface area contributed by atoms with Gasteiger partial charge in [-0.3, -0.25) is 4.79 Å². The van der Waals surface area contributed by atoms with Crippen LogP contribution >= 0.6 is 23.4 Å². The van der Waals surface area contributed by atoms with Gasteiger partial charge in [-0.25, -0.2) is 13.2 Å². The third kappa shape index (κ3) is 4.87. The molecule has 1 aromatic carbocycles. The van der Waals surface area contributed by atoms with Crippen LogP contribution in [0, 0.1) is 0 Å². The van der Waals surface area contributed by atoms with Crippen molar-refractivity contribution in [3.05, 3.63) is 28.8 Å². The second-order valence-electron chi connectivity index (χ2n) is 4.24. The zero-order valence-corrected chi connectivity index (χ0v) is 13.8. The lowest BCUT2D eigenvalue weighted by molar-refractivity contribution is -0.139. The molecular formula is C12H14ClNO6S2. The summed E-state index contributed by atoms with van der Waals surface area (Å²) in [5.74, 6) is -2.18. The number of rotatable bonds is 8. The van der Waals surface area contributed by atoms with Crippen LogP contribution in [0.25, 0.3) is 0 Å². The second kappa shape index (κ2) is 7.82. The van der Waals surface area contributed by atoms with E-state index in [1.165, 1.54) is 11.8 Å². The van der Waals surface area contributed by atoms with Crippen molar-refractivity contribution in [1.29, 1.82) is 0 Å². The number of carboxylic acids is 2. The number of carboxylic acid groups (broad SMARTS) is 2. The van der Waals surface area contributed by atoms with Crippen molar-refractivity contribution in [3.63, 3.8) is 0 Å². The van der Waals surface area contributed by atoms with Crippen LogP contribution in [0.15, 0.2) is 23.1 Å². The topological polar surface area (TPSA) is 121 Å². The molecule has 0 amide bonds. The molecule has 3 N–H and O–H groups in total. The van der Waals surface area contributed by atoms with Gasteiger partial charge in [0, 0.05) is 0 Å². The molecule has 0 spiro atoms. The van der Waals surface area contributed by atoms with Gasteiger partial charge >= 0.3 is 11.9 Å². The fourth-order valence-corrected chi connectivity index (χ4v) is 3.78. The summed E-state index contributed by atoms with van der Waals surface area (Å²) in [4.78, 5) is 21.6. The second-order valence-corrected chi connectivity index (χ2v) is 7.32. The predicted molar refractivity (Wildman–Crippen MR) is 83.2 cm³/mol. The van der Waals surface area contributed by atoms with E-state index in [0.717, 1.165) is 18.2 Å². The number of hydrogen-bond donors (Lipinski definition) is 3. The molecule has 0 aliphatic heterocycles. The number of nitrogens with one attached hydrogen (secondary N) is 1. The summed E-state index contributed by atoms with van der Waals surface area (Å²) in [5.41, 5.74) is -0.263. The maximum absolute atomic E-state index is 12.2. The molecule has 0 aliphatic rings. The van der Waals surface area contributed by atoms with Gasteiger partial charge < -0.3 is 10.2 Å². The molecule has 0 saturated heterocycles. The fourth-order valence-electron chi connectivity index (χ4n) is 1.56. The molecule has 0 fully saturated rings. The van der Waals surface area contributed by atoms with Crippen LogP contribution in [-0.4, -0.2) is 48.6 Å². The average molecular weight is 368 g/mol. The van der Waals surface area contributed by atoms with E-state index < -0.39 is 32.9 Å². The molecule has 0 saturated carbocycles. The first-order valence-electron chi connectivity index (χ1n) is 5.96. The lowest BCUT2D eigenvalue weighted by atomic mass is 10.2. The van der Waals surface area contributed by atoms with Gasteiger partial charge in [-0.2, -0.15) is 16.5 Å². The Hall–Kier alpha value is -1.29. The summed E-state index contributed by atoms with van der Waals surface area (Å²) in [7, 11) is -4.26. The fraction of sp³-hybridized carbons (Fsp3) is 0.333. The van der Waals surface area contributed by atoms with Gasteiger partial charge in [0.2, 0.25) is 10.0 Å². The number of benzene rings is 1. The van der Waals surface area contributed by atoms with Crippen molar-refractivity contribution in [2.24, 2.45) is 0 Å². The molecule has 1 rings (SSSR count). The van der Waals surface area contributed by atoms with E-state index in [-0.39, 0.29) is 17.0 Å². The molecule has 0 aromatic heterocycles. The van der Waals surface area contributed by atoms with E-state index in [2.05, 4.69) is 0 Å². The Balaban J connectivity index is 3.15. The third-order valence-electron chi connectivity index (χ3n) is 2.67. The van der Waals surface area contributed by atoms with Crippen molar-refractivity contribution in [2.45, 2.75) is 17.4 Å². The minimum absolute atomic E-state index is 0.0893. The molecule has 0 unspecified atom stereocenters. The van der Waals surface area contributed by atoms with Crippen molar-refractivity contribution in [1.82, 2.24) is 4.72 Å². The van der Waals surface area contributed by atoms with Crippen molar-refractivity contribution in [2.75, 3.05) is 12.0 Å². The molecule has 0 heterocycles. The number of aliphatic carboxylic acids is 1. The molecule has 1 aromatic rings. The highest BCUT2D eigenvalue weighted by atomic mass is 35.5. The van der Waals surface area contributed by atoms with Gasteiger partial charge in [-0.1, -0.05) is 11.6 Å². The zero-order chi connectivity index (χ0) is 16.9. The summed E-state index contributed by atoms with van der Waals surface area (Å²) in [5, 5.41) is 17.8. The highest BCUT2D eigenvalue weighted by Gasteiger charge is 2.27. The van der Waals surface area contributed by atoms with Gasteiger partial charge in [0.05, 0.1) is 10.6 Å². The van der Waals surface area contributed by atoms with Gasteiger partial charge in [0.15, 0.2) is 0 Å². The molecule has 7 nitrogen and oxygen atoms in total. The number of halogens is 1. The first-order chi connectivity index (χ1) is 10.2. The van der Waals surface area contributed by atoms with Gasteiger partial charge in [-0.05, 0) is 36.6 Å². The molecule has 10 heteroatoms. The summed E-state index contributed by atoms with van der Waals surface area (Å²) in [6.07, 6.45) is 1.85. The van der Waals surface area contributed by atoms with Crippen molar-refractivity contribution in [3.8, 4) is 0 Å². The number of sulfonamides is 1. The van der Waals surface area contributed by atoms with Crippen LogP contribution in [0.5, 0.6) is 0 Å².